The van der Waals surface area contributed by atoms with Gasteiger partial charge in [0.25, 0.3) is 0 Å². The molecule has 0 radical (unpaired) electrons. The van der Waals surface area contributed by atoms with Gasteiger partial charge in [0.15, 0.2) is 0 Å². The lowest BCUT2D eigenvalue weighted by Gasteiger charge is -2.49. The number of thioether (sulfide) groups is 1. The van der Waals surface area contributed by atoms with E-state index >= 15 is 0 Å². The number of piperidine rings is 4. The molecule has 21 heterocycles. The van der Waals surface area contributed by atoms with Crippen LogP contribution in [0.3, 0.4) is 0 Å². The van der Waals surface area contributed by atoms with Gasteiger partial charge in [-0.2, -0.15) is 11.8 Å². The number of rotatable bonds is 0. The quantitative estimate of drug-likeness (QED) is 0.216. The highest BCUT2D eigenvalue weighted by Gasteiger charge is 2.46. The molecule has 21 aliphatic heterocycles. The van der Waals surface area contributed by atoms with E-state index in [1.54, 1.807) is 263 Å². The van der Waals surface area contributed by atoms with Crippen LogP contribution in [0.4, 0.5) is 0 Å². The molecule has 0 aromatic rings. The van der Waals surface area contributed by atoms with Crippen LogP contribution >= 0.6 is 11.8 Å². The average molecular weight is 1870 g/mol. The molecule has 53 aliphatic rings. The number of nitrogens with one attached hydrogen (secondary N) is 3. The van der Waals surface area contributed by atoms with Crippen molar-refractivity contribution in [3.05, 3.63) is 0 Å². The van der Waals surface area contributed by atoms with Gasteiger partial charge in [0, 0.05) is 49.2 Å². The van der Waals surface area contributed by atoms with Gasteiger partial charge in [-0.1, -0.05) is 180 Å². The summed E-state index contributed by atoms with van der Waals surface area (Å²) in [7, 11) is 0. The predicted octanol–water partition coefficient (Wildman–Crippen LogP) is 30.0. The van der Waals surface area contributed by atoms with Gasteiger partial charge in [-0.05, 0) is 488 Å². The predicted molar refractivity (Wildman–Crippen MR) is 556 cm³/mol. The highest BCUT2D eigenvalue weighted by molar-refractivity contribution is 8.00. The normalized spacial score (nSPS) is 49.1. The topological polar surface area (TPSA) is 94.7 Å². The van der Waals surface area contributed by atoms with Crippen molar-refractivity contribution in [3.63, 3.8) is 0 Å². The van der Waals surface area contributed by atoms with Crippen molar-refractivity contribution >= 4 is 11.8 Å². The van der Waals surface area contributed by atoms with Crippen molar-refractivity contribution in [2.24, 2.45) is 148 Å². The molecule has 0 aromatic carbocycles. The number of fused-ring (bicyclic) bond motifs is 34. The Bertz CT molecular complexity index is 2430. The molecule has 32 saturated carbocycles. The lowest BCUT2D eigenvalue weighted by atomic mass is 9.56. The van der Waals surface area contributed by atoms with Crippen LogP contribution in [0.5, 0.6) is 0 Å². The third-order valence-corrected chi connectivity index (χ3v) is 46.7. The van der Waals surface area contributed by atoms with Gasteiger partial charge in [-0.3, -0.25) is 0 Å². The summed E-state index contributed by atoms with van der Waals surface area (Å²) >= 11 is 2.21. The summed E-state index contributed by atoms with van der Waals surface area (Å²) in [4.78, 5) is 2.58. The number of hydrogen-bond acceptors (Lipinski definition) is 11. The van der Waals surface area contributed by atoms with E-state index in [-0.39, 0.29) is 0 Å². The van der Waals surface area contributed by atoms with Gasteiger partial charge in [-0.15, -0.1) is 0 Å². The number of nitrogens with zero attached hydrogens (tertiary/aromatic N) is 1. The minimum atomic E-state index is 0.653. The number of ether oxygens (including phenoxy) is 6. The van der Waals surface area contributed by atoms with Crippen molar-refractivity contribution in [3.8, 4) is 0 Å². The van der Waals surface area contributed by atoms with Crippen LogP contribution < -0.4 is 16.0 Å². The van der Waals surface area contributed by atoms with Crippen molar-refractivity contribution in [1.82, 2.24) is 20.9 Å². The van der Waals surface area contributed by atoms with Crippen LogP contribution in [-0.2, 0) is 28.4 Å². The van der Waals surface area contributed by atoms with E-state index in [1.165, 1.54) is 340 Å². The molecule has 0 amide bonds. The van der Waals surface area contributed by atoms with E-state index in [4.69, 9.17) is 28.4 Å². The third-order valence-electron chi connectivity index (χ3n) is 45.1. The van der Waals surface area contributed by atoms with E-state index in [1.807, 2.05) is 0 Å². The van der Waals surface area contributed by atoms with Gasteiger partial charge >= 0.3 is 0 Å². The van der Waals surface area contributed by atoms with Crippen molar-refractivity contribution in [2.45, 2.75) is 566 Å². The maximum Gasteiger partial charge on any atom is 0.0628 e. The Morgan fingerprint density at radius 1 is 0.164 bits per heavy atom. The summed E-state index contributed by atoms with van der Waals surface area (Å²) < 4.78 is 31.8. The molecule has 53 rings (SSSR count). The van der Waals surface area contributed by atoms with Crippen LogP contribution in [0, 0.1) is 148 Å². The first kappa shape index (κ1) is 99.9. The zero-order valence-electron chi connectivity index (χ0n) is 86.7. The fraction of sp³-hybridized carbons (Fsp3) is 1.00. The molecular formula is C123H210N4O6S. The molecule has 21 saturated heterocycles. The fourth-order valence-electron chi connectivity index (χ4n) is 33.9. The lowest BCUT2D eigenvalue weighted by Crippen LogP contribution is -2.52. The molecule has 53 fully saturated rings. The summed E-state index contributed by atoms with van der Waals surface area (Å²) in [5.74, 6) is 29.9. The Morgan fingerprint density at radius 2 is 0.433 bits per heavy atom. The van der Waals surface area contributed by atoms with Crippen LogP contribution in [0.1, 0.15) is 482 Å². The summed E-state index contributed by atoms with van der Waals surface area (Å²) in [5, 5.41) is 11.4. The smallest absolute Gasteiger partial charge is 0.0628 e. The lowest BCUT2D eigenvalue weighted by molar-refractivity contribution is -0.237. The molecule has 32 aliphatic carbocycles. The van der Waals surface area contributed by atoms with E-state index in [0.29, 0.717) is 54.9 Å². The summed E-state index contributed by atoms with van der Waals surface area (Å²) in [5.41, 5.74) is 0. The van der Waals surface area contributed by atoms with Crippen LogP contribution in [0.15, 0.2) is 0 Å². The first-order valence-electron chi connectivity index (χ1n) is 62.4. The largest absolute Gasteiger partial charge is 0.378 e. The standard InChI is InChI=1S/2C8H14.C7H13N.C7H12O.C7H12S.3C7H12.2C6H11N.2C6H10O.2C6H10.C5H9N.2C5H8O.2C5H8.C4H6O/c2*1-2-8-5-3-7(1)4-6-8;1-4-8-5-2-7(1)3-6-8;2*1-3-7-4-2-6(1)5-8-7;3*1-2-7-4-3-6(1)5-7;1-2-6-3-5(1)4-7-6;1-2-6-4-3-5(1)7-6;1-2-6-3-5(1)4-7-6;1-2-6-4-3-5(1)7-6;2*1-2-6-3-5(1)4-6;2*1-4-2-5(1)6-3-4;1-2-5-3-4(1)6-5;2*1-4-2-5(1)3-4;1-3-2-4(1)5-3/h2*7-8H,1-6H2;7H,1-6H2;2*6-7H,1-5H2;3*6-7H,1-5H2;2*5-7H,1-4H2;2*5-6H,1-4H2;2*5-6H,1-4H2;4-6H,1-3H2;2*4-5H,1-3H2;2*4-5H,1-3H2;3-4H,1-2H2. The van der Waals surface area contributed by atoms with Crippen LogP contribution in [0.2, 0.25) is 0 Å². The van der Waals surface area contributed by atoms with Crippen molar-refractivity contribution in [2.75, 3.05) is 58.3 Å². The Balaban J connectivity index is 0.0000000848. The second kappa shape index (κ2) is 50.6. The van der Waals surface area contributed by atoms with Gasteiger partial charge in [0.05, 0.1) is 54.9 Å². The molecule has 6 unspecified atom stereocenters. The SMILES string of the molecule is C1C2CC1C2.C1C2CC1C2.C1C2CC1O2.C1CC2CC1C2.C1CC2CC1C2.C1CC2CC1CN2.C1CC2CC1CO2.C1CC2CC1O2.C1CC2CCC1C2.C1CC2CCC1C2.C1CC2CCC1C2.C1CC2CCC1CC2.C1CC2CCC1CC2.C1CC2CCC1CO2.C1CC2CCC1CS2.C1CC2CCC1N2.C1CC2CCC1O2.C1CN2CCC1CC2.C1NC2CC1C2.C1OC2CC1C2. The highest BCUT2D eigenvalue weighted by Crippen LogP contribution is 2.55. The molecule has 40 bridgehead atoms. The maximum absolute atomic E-state index is 5.48. The Morgan fingerprint density at radius 3 is 0.530 bits per heavy atom. The molecular weight excluding hydrogens is 1660 g/mol. The highest BCUT2D eigenvalue weighted by atomic mass is 32.2. The van der Waals surface area contributed by atoms with Crippen molar-refractivity contribution < 1.29 is 28.4 Å². The van der Waals surface area contributed by atoms with E-state index in [2.05, 4.69) is 32.6 Å². The van der Waals surface area contributed by atoms with E-state index in [9.17, 15) is 0 Å². The van der Waals surface area contributed by atoms with E-state index < -0.39 is 0 Å². The number of hydrogen-bond donors (Lipinski definition) is 3. The van der Waals surface area contributed by atoms with Crippen molar-refractivity contribution in [1.29, 1.82) is 0 Å². The Kier molecular flexibility index (Phi) is 37.7. The monoisotopic (exact) mass is 1870 g/mol. The molecule has 11 heteroatoms. The fourth-order valence-corrected chi connectivity index (χ4v) is 35.4. The van der Waals surface area contributed by atoms with Crippen LogP contribution in [-0.4, -0.2) is 148 Å². The van der Waals surface area contributed by atoms with Gasteiger partial charge in [0.1, 0.15) is 0 Å². The zero-order valence-corrected chi connectivity index (χ0v) is 87.5. The van der Waals surface area contributed by atoms with E-state index in [0.717, 1.165) is 114 Å². The third kappa shape index (κ3) is 30.1. The van der Waals surface area contributed by atoms with Gasteiger partial charge in [0.2, 0.25) is 0 Å². The minimum Gasteiger partial charge on any atom is -0.378 e. The molecule has 764 valence electrons. The zero-order chi connectivity index (χ0) is 89.6. The average Bonchev–Trinajstić information content (AvgIpc) is 1.31. The minimum absolute atomic E-state index is 0.653. The Hall–Kier alpha value is -0.0500. The van der Waals surface area contributed by atoms with Gasteiger partial charge < -0.3 is 49.3 Å². The molecule has 134 heavy (non-hydrogen) atoms. The molecule has 10 nitrogen and oxygen atoms in total. The summed E-state index contributed by atoms with van der Waals surface area (Å²) in [6.45, 7) is 9.98. The summed E-state index contributed by atoms with van der Waals surface area (Å²) in [6.07, 6.45) is 119. The molecule has 0 spiro atoms. The summed E-state index contributed by atoms with van der Waals surface area (Å²) in [6, 6.07) is 3.70. The molecule has 3 N–H and O–H groups in total. The van der Waals surface area contributed by atoms with Crippen LogP contribution in [0.25, 0.3) is 0 Å². The first-order valence-corrected chi connectivity index (χ1v) is 63.4. The molecule has 0 aromatic heterocycles. The second-order valence-electron chi connectivity index (χ2n) is 55.2. The maximum atomic E-state index is 5.48. The second-order valence-corrected chi connectivity index (χ2v) is 56.5. The first-order chi connectivity index (χ1) is 66.0. The van der Waals surface area contributed by atoms with Gasteiger partial charge in [-0.25, -0.2) is 0 Å². The molecule has 6 atom stereocenters. The Labute approximate surface area is 827 Å².